The summed E-state index contributed by atoms with van der Waals surface area (Å²) in [6.45, 7) is 0. The van der Waals surface area contributed by atoms with E-state index in [0.717, 1.165) is 4.90 Å². The van der Waals surface area contributed by atoms with Gasteiger partial charge in [0.05, 0.1) is 30.8 Å². The minimum Gasteiger partial charge on any atom is -0.356 e. The SMILES string of the molecule is CN(C(=O)C1=C(C(F)(F)F)NC(Cl)S1)c1c(Cl)c(Cl)c(Cl)c(Cl)c1Cl. The van der Waals surface area contributed by atoms with E-state index in [9.17, 15) is 18.0 Å². The highest BCUT2D eigenvalue weighted by Crippen LogP contribution is 2.49. The first-order valence-electron chi connectivity index (χ1n) is 6.06. The number of rotatable bonds is 2. The van der Waals surface area contributed by atoms with Gasteiger partial charge in [-0.1, -0.05) is 81.4 Å². The fraction of sp³-hybridized carbons (Fsp3) is 0.250. The highest BCUT2D eigenvalue weighted by molar-refractivity contribution is 8.05. The third kappa shape index (κ3) is 4.03. The van der Waals surface area contributed by atoms with Gasteiger partial charge >= 0.3 is 6.18 Å². The van der Waals surface area contributed by atoms with Gasteiger partial charge in [0.15, 0.2) is 4.83 Å². The summed E-state index contributed by atoms with van der Waals surface area (Å²) in [5, 5.41) is 1.00. The Morgan fingerprint density at radius 3 is 1.92 bits per heavy atom. The van der Waals surface area contributed by atoms with Crippen LogP contribution >= 0.6 is 81.4 Å². The van der Waals surface area contributed by atoms with Gasteiger partial charge in [0.25, 0.3) is 5.91 Å². The van der Waals surface area contributed by atoms with Gasteiger partial charge < -0.3 is 10.2 Å². The van der Waals surface area contributed by atoms with Crippen LogP contribution in [0.5, 0.6) is 0 Å². The predicted octanol–water partition coefficient (Wildman–Crippen LogP) is 6.55. The molecule has 13 heteroatoms. The molecule has 0 bridgehead atoms. The summed E-state index contributed by atoms with van der Waals surface area (Å²) in [5.74, 6) is -1.05. The van der Waals surface area contributed by atoms with Gasteiger partial charge in [-0.2, -0.15) is 13.2 Å². The van der Waals surface area contributed by atoms with Gasteiger partial charge in [-0.3, -0.25) is 4.79 Å². The molecule has 1 N–H and O–H groups in total. The lowest BCUT2D eigenvalue weighted by Crippen LogP contribution is -2.31. The molecule has 1 atom stereocenters. The number of carbonyl (C=O) groups is 1. The first-order valence-corrected chi connectivity index (χ1v) is 9.26. The van der Waals surface area contributed by atoms with E-state index in [1.165, 1.54) is 7.05 Å². The number of benzene rings is 1. The van der Waals surface area contributed by atoms with Gasteiger partial charge in [0, 0.05) is 7.05 Å². The highest BCUT2D eigenvalue weighted by atomic mass is 35.5. The first kappa shape index (κ1) is 21.4. The van der Waals surface area contributed by atoms with Crippen LogP contribution in [0.3, 0.4) is 0 Å². The van der Waals surface area contributed by atoms with Gasteiger partial charge in [0.1, 0.15) is 10.6 Å². The maximum absolute atomic E-state index is 13.1. The minimum absolute atomic E-state index is 0.143. The lowest BCUT2D eigenvalue weighted by Gasteiger charge is -2.22. The smallest absolute Gasteiger partial charge is 0.356 e. The van der Waals surface area contributed by atoms with Crippen molar-refractivity contribution in [3.8, 4) is 0 Å². The van der Waals surface area contributed by atoms with Crippen LogP contribution in [-0.2, 0) is 4.79 Å². The molecule has 3 nitrogen and oxygen atoms in total. The standard InChI is InChI=1S/C12H5Cl6F3N2OS/c1-23(7-5(16)3(14)2(13)4(15)6(7)17)10(24)8-9(12(19,20)21)22-11(18)25-8/h11,22H,1H3. The van der Waals surface area contributed by atoms with Crippen molar-refractivity contribution in [1.29, 1.82) is 0 Å². The zero-order chi connectivity index (χ0) is 19.3. The number of hydrogen-bond acceptors (Lipinski definition) is 3. The monoisotopic (exact) mass is 492 g/mol. The Morgan fingerprint density at radius 1 is 1.04 bits per heavy atom. The number of carbonyl (C=O) groups excluding carboxylic acids is 1. The molecule has 1 amide bonds. The van der Waals surface area contributed by atoms with Crippen molar-refractivity contribution in [3.63, 3.8) is 0 Å². The predicted molar refractivity (Wildman–Crippen MR) is 98.4 cm³/mol. The molecule has 0 saturated heterocycles. The Hall–Kier alpha value is 0.110. The van der Waals surface area contributed by atoms with Gasteiger partial charge in [-0.05, 0) is 0 Å². The molecule has 1 heterocycles. The van der Waals surface area contributed by atoms with Crippen LogP contribution in [0.4, 0.5) is 18.9 Å². The Kier molecular flexibility index (Phi) is 6.53. The Morgan fingerprint density at radius 2 is 1.48 bits per heavy atom. The minimum atomic E-state index is -4.80. The number of hydrogen-bond donors (Lipinski definition) is 1. The molecule has 1 aromatic rings. The van der Waals surface area contributed by atoms with Crippen LogP contribution in [0.1, 0.15) is 0 Å². The highest BCUT2D eigenvalue weighted by Gasteiger charge is 2.45. The fourth-order valence-electron chi connectivity index (χ4n) is 1.88. The quantitative estimate of drug-likeness (QED) is 0.219. The summed E-state index contributed by atoms with van der Waals surface area (Å²) in [6, 6.07) is 0. The molecule has 2 rings (SSSR count). The molecule has 0 aromatic heterocycles. The van der Waals surface area contributed by atoms with E-state index in [4.69, 9.17) is 69.6 Å². The van der Waals surface area contributed by atoms with Gasteiger partial charge in [0.2, 0.25) is 0 Å². The number of nitrogens with zero attached hydrogens (tertiary/aromatic N) is 1. The summed E-state index contributed by atoms with van der Waals surface area (Å²) >= 11 is 35.9. The van der Waals surface area contributed by atoms with Crippen molar-refractivity contribution in [3.05, 3.63) is 35.7 Å². The van der Waals surface area contributed by atoms with E-state index in [-0.39, 0.29) is 30.8 Å². The molecular formula is C12H5Cl6F3N2OS. The number of halogens is 9. The average molecular weight is 495 g/mol. The van der Waals surface area contributed by atoms with Crippen molar-refractivity contribution < 1.29 is 18.0 Å². The molecule has 138 valence electrons. The molecule has 1 aliphatic rings. The Bertz CT molecular complexity index is 756. The summed E-state index contributed by atoms with van der Waals surface area (Å²) < 4.78 is 39.2. The van der Waals surface area contributed by atoms with Crippen LogP contribution in [-0.4, -0.2) is 24.0 Å². The molecule has 25 heavy (non-hydrogen) atoms. The van der Waals surface area contributed by atoms with Crippen molar-refractivity contribution in [1.82, 2.24) is 5.32 Å². The average Bonchev–Trinajstić information content (AvgIpc) is 2.92. The van der Waals surface area contributed by atoms with E-state index in [2.05, 4.69) is 0 Å². The van der Waals surface area contributed by atoms with Crippen LogP contribution in [0.15, 0.2) is 10.6 Å². The van der Waals surface area contributed by atoms with Crippen LogP contribution < -0.4 is 10.2 Å². The third-order valence-electron chi connectivity index (χ3n) is 3.01. The second kappa shape index (κ2) is 7.62. The lowest BCUT2D eigenvalue weighted by molar-refractivity contribution is -0.116. The summed E-state index contributed by atoms with van der Waals surface area (Å²) in [6.07, 6.45) is -4.80. The molecule has 0 spiro atoms. The number of amides is 1. The van der Waals surface area contributed by atoms with Crippen molar-refractivity contribution in [2.45, 2.75) is 11.0 Å². The van der Waals surface area contributed by atoms with Crippen LogP contribution in [0.2, 0.25) is 25.1 Å². The van der Waals surface area contributed by atoms with E-state index < -0.39 is 27.5 Å². The fourth-order valence-corrected chi connectivity index (χ4v) is 4.55. The zero-order valence-corrected chi connectivity index (χ0v) is 17.1. The topological polar surface area (TPSA) is 32.3 Å². The first-order chi connectivity index (χ1) is 11.4. The maximum atomic E-state index is 13.1. The lowest BCUT2D eigenvalue weighted by atomic mass is 10.2. The Balaban J connectivity index is 2.55. The number of alkyl halides is 4. The molecular weight excluding hydrogens is 490 g/mol. The van der Waals surface area contributed by atoms with E-state index in [1.807, 2.05) is 5.32 Å². The van der Waals surface area contributed by atoms with E-state index in [0.29, 0.717) is 11.8 Å². The normalized spacial score (nSPS) is 17.8. The second-order valence-corrected chi connectivity index (χ2v) is 8.26. The number of likely N-dealkylation sites (N-methyl/N-ethyl adjacent to an activating group) is 1. The van der Waals surface area contributed by atoms with Crippen LogP contribution in [0, 0.1) is 0 Å². The van der Waals surface area contributed by atoms with Crippen molar-refractivity contribution in [2.75, 3.05) is 11.9 Å². The molecule has 1 aromatic carbocycles. The Labute approximate surface area is 174 Å². The van der Waals surface area contributed by atoms with Gasteiger partial charge in [-0.25, -0.2) is 0 Å². The van der Waals surface area contributed by atoms with Crippen molar-refractivity contribution in [2.24, 2.45) is 0 Å². The van der Waals surface area contributed by atoms with Gasteiger partial charge in [-0.15, -0.1) is 0 Å². The molecule has 0 fully saturated rings. The van der Waals surface area contributed by atoms with E-state index >= 15 is 0 Å². The molecule has 0 saturated carbocycles. The van der Waals surface area contributed by atoms with Crippen molar-refractivity contribution >= 4 is 93.0 Å². The summed E-state index contributed by atoms with van der Waals surface area (Å²) in [7, 11) is 1.17. The van der Waals surface area contributed by atoms with E-state index in [1.54, 1.807) is 0 Å². The van der Waals surface area contributed by atoms with Crippen LogP contribution in [0.25, 0.3) is 0 Å². The number of allylic oxidation sites excluding steroid dienone is 1. The number of thioether (sulfide) groups is 1. The third-order valence-corrected chi connectivity index (χ3v) is 6.58. The largest absolute Gasteiger partial charge is 0.432 e. The zero-order valence-electron chi connectivity index (χ0n) is 11.7. The second-order valence-electron chi connectivity index (χ2n) is 4.56. The number of nitrogens with one attached hydrogen (secondary N) is 1. The molecule has 0 aliphatic carbocycles. The summed E-state index contributed by atoms with van der Waals surface area (Å²) in [4.78, 5) is 11.6. The summed E-state index contributed by atoms with van der Waals surface area (Å²) in [5.41, 5.74) is -1.44. The molecule has 1 unspecified atom stereocenters. The molecule has 1 aliphatic heterocycles. The molecule has 0 radical (unpaired) electrons. The maximum Gasteiger partial charge on any atom is 0.432 e. The number of anilines is 1.